The number of phenols is 1. The summed E-state index contributed by atoms with van der Waals surface area (Å²) in [5.41, 5.74) is 3.84. The number of nitrogens with one attached hydrogen (secondary N) is 1. The molecule has 0 atom stereocenters. The maximum Gasteiger partial charge on any atom is 0.197 e. The second-order valence-electron chi connectivity index (χ2n) is 5.03. The van der Waals surface area contributed by atoms with Crippen LogP contribution < -0.4 is 11.3 Å². The first-order valence-electron chi connectivity index (χ1n) is 7.08. The highest BCUT2D eigenvalue weighted by atomic mass is 16.3. The van der Waals surface area contributed by atoms with E-state index in [1.165, 1.54) is 12.1 Å². The van der Waals surface area contributed by atoms with Crippen molar-refractivity contribution in [3.05, 3.63) is 77.4 Å². The number of benzene rings is 2. The van der Waals surface area contributed by atoms with Crippen molar-refractivity contribution in [2.24, 2.45) is 5.84 Å². The number of allylic oxidation sites excluding steroid dienone is 1. The summed E-state index contributed by atoms with van der Waals surface area (Å²) >= 11 is 0. The van der Waals surface area contributed by atoms with Crippen LogP contribution >= 0.6 is 0 Å². The van der Waals surface area contributed by atoms with E-state index in [0.717, 1.165) is 0 Å². The monoisotopic (exact) mass is 324 g/mol. The molecule has 0 aliphatic heterocycles. The van der Waals surface area contributed by atoms with Gasteiger partial charge in [-0.1, -0.05) is 30.8 Å². The molecule has 0 amide bonds. The lowest BCUT2D eigenvalue weighted by Gasteiger charge is -1.98. The molecule has 6 heteroatoms. The molecule has 24 heavy (non-hydrogen) atoms. The summed E-state index contributed by atoms with van der Waals surface area (Å²) < 4.78 is 0. The molecule has 0 heterocycles. The van der Waals surface area contributed by atoms with Gasteiger partial charge in [-0.05, 0) is 24.3 Å². The number of nitrogens with two attached hydrogens (primary N) is 1. The summed E-state index contributed by atoms with van der Waals surface area (Å²) in [6.07, 6.45) is 0. The molecule has 4 N–H and O–H groups in total. The number of phenolic OH excluding ortho intramolecular Hbond substituents is 1. The SMILES string of the molecule is C=C1C(=O)c2ccccc2C1=O.NNCC(=O)c1ccc(O)cc1. The molecule has 2 aromatic carbocycles. The zero-order valence-corrected chi connectivity index (χ0v) is 12.8. The number of carbonyl (C=O) groups excluding carboxylic acids is 3. The Bertz CT molecular complexity index is 773. The third-order valence-electron chi connectivity index (χ3n) is 3.42. The average Bonchev–Trinajstić information content (AvgIpc) is 2.81. The Morgan fingerprint density at radius 1 is 1.00 bits per heavy atom. The van der Waals surface area contributed by atoms with Gasteiger partial charge >= 0.3 is 0 Å². The molecule has 1 aliphatic carbocycles. The number of aromatic hydroxyl groups is 1. The molecule has 0 saturated carbocycles. The first-order chi connectivity index (χ1) is 11.5. The lowest BCUT2D eigenvalue weighted by atomic mass is 10.1. The average molecular weight is 324 g/mol. The normalized spacial score (nSPS) is 12.5. The zero-order valence-electron chi connectivity index (χ0n) is 12.8. The van der Waals surface area contributed by atoms with Crippen molar-refractivity contribution < 1.29 is 19.5 Å². The van der Waals surface area contributed by atoms with E-state index in [4.69, 9.17) is 10.9 Å². The van der Waals surface area contributed by atoms with Crippen molar-refractivity contribution in [3.63, 3.8) is 0 Å². The van der Waals surface area contributed by atoms with Crippen molar-refractivity contribution in [1.82, 2.24) is 5.43 Å². The molecule has 2 aromatic rings. The number of rotatable bonds is 3. The van der Waals surface area contributed by atoms with E-state index in [2.05, 4.69) is 12.0 Å². The lowest BCUT2D eigenvalue weighted by molar-refractivity contribution is 0.0979. The van der Waals surface area contributed by atoms with Gasteiger partial charge in [-0.25, -0.2) is 0 Å². The van der Waals surface area contributed by atoms with Gasteiger partial charge in [0.1, 0.15) is 5.75 Å². The van der Waals surface area contributed by atoms with Gasteiger partial charge in [-0.2, -0.15) is 0 Å². The quantitative estimate of drug-likeness (QED) is 0.260. The molecular weight excluding hydrogens is 308 g/mol. The Balaban J connectivity index is 0.000000174. The lowest BCUT2D eigenvalue weighted by Crippen LogP contribution is -2.28. The van der Waals surface area contributed by atoms with Gasteiger partial charge in [-0.15, -0.1) is 0 Å². The van der Waals surface area contributed by atoms with Crippen molar-refractivity contribution in [1.29, 1.82) is 0 Å². The molecule has 0 radical (unpaired) electrons. The largest absolute Gasteiger partial charge is 0.508 e. The van der Waals surface area contributed by atoms with Crippen LogP contribution in [0.4, 0.5) is 0 Å². The van der Waals surface area contributed by atoms with Gasteiger partial charge < -0.3 is 5.11 Å². The molecule has 0 unspecified atom stereocenters. The molecule has 0 aromatic heterocycles. The number of carbonyl (C=O) groups is 3. The van der Waals surface area contributed by atoms with Gasteiger partial charge in [0.25, 0.3) is 0 Å². The topological polar surface area (TPSA) is 109 Å². The number of hydrazine groups is 1. The summed E-state index contributed by atoms with van der Waals surface area (Å²) in [6, 6.07) is 12.8. The molecule has 0 fully saturated rings. The van der Waals surface area contributed by atoms with E-state index in [9.17, 15) is 14.4 Å². The minimum Gasteiger partial charge on any atom is -0.508 e. The molecular formula is C18H16N2O4. The number of ketones is 3. The van der Waals surface area contributed by atoms with Crippen LogP contribution in [0.25, 0.3) is 0 Å². The summed E-state index contributed by atoms with van der Waals surface area (Å²) in [6.45, 7) is 3.53. The number of hydrogen-bond acceptors (Lipinski definition) is 6. The molecule has 0 saturated heterocycles. The van der Waals surface area contributed by atoms with Crippen LogP contribution in [0.3, 0.4) is 0 Å². The Morgan fingerprint density at radius 2 is 1.50 bits per heavy atom. The second-order valence-corrected chi connectivity index (χ2v) is 5.03. The predicted molar refractivity (Wildman–Crippen MR) is 88.9 cm³/mol. The van der Waals surface area contributed by atoms with Crippen LogP contribution in [0.15, 0.2) is 60.7 Å². The van der Waals surface area contributed by atoms with Crippen molar-refractivity contribution in [3.8, 4) is 5.75 Å². The molecule has 6 nitrogen and oxygen atoms in total. The van der Waals surface area contributed by atoms with Crippen LogP contribution in [0.5, 0.6) is 5.75 Å². The van der Waals surface area contributed by atoms with E-state index in [-0.39, 0.29) is 35.2 Å². The van der Waals surface area contributed by atoms with Gasteiger partial charge in [0, 0.05) is 16.7 Å². The smallest absolute Gasteiger partial charge is 0.197 e. The Kier molecular flexibility index (Phi) is 5.36. The van der Waals surface area contributed by atoms with E-state index < -0.39 is 0 Å². The van der Waals surface area contributed by atoms with Gasteiger partial charge in [0.2, 0.25) is 0 Å². The summed E-state index contributed by atoms with van der Waals surface area (Å²) in [7, 11) is 0. The fraction of sp³-hybridized carbons (Fsp3) is 0.0556. The van der Waals surface area contributed by atoms with Crippen LogP contribution in [0, 0.1) is 0 Å². The Morgan fingerprint density at radius 3 is 1.96 bits per heavy atom. The standard InChI is InChI=1S/C10H6O2.C8H10N2O2/c1-6-9(11)7-4-2-3-5-8(7)10(6)12;9-10-5-8(12)6-1-3-7(11)4-2-6/h2-5H,1H2;1-4,10-11H,5,9H2. The van der Waals surface area contributed by atoms with E-state index in [0.29, 0.717) is 16.7 Å². The van der Waals surface area contributed by atoms with Crippen LogP contribution in [-0.4, -0.2) is 29.0 Å². The number of hydrogen-bond donors (Lipinski definition) is 3. The molecule has 1 aliphatic rings. The van der Waals surface area contributed by atoms with E-state index in [1.54, 1.807) is 36.4 Å². The minimum atomic E-state index is -0.240. The molecule has 0 spiro atoms. The second kappa shape index (κ2) is 7.45. The molecule has 3 rings (SSSR count). The van der Waals surface area contributed by atoms with Crippen molar-refractivity contribution >= 4 is 17.3 Å². The van der Waals surface area contributed by atoms with Gasteiger partial charge in [0.15, 0.2) is 17.3 Å². The zero-order chi connectivity index (χ0) is 17.7. The summed E-state index contributed by atoms with van der Waals surface area (Å²) in [5.74, 6) is 4.54. The van der Waals surface area contributed by atoms with E-state index >= 15 is 0 Å². The van der Waals surface area contributed by atoms with Gasteiger partial charge in [-0.3, -0.25) is 25.7 Å². The highest BCUT2D eigenvalue weighted by Crippen LogP contribution is 2.24. The van der Waals surface area contributed by atoms with Crippen LogP contribution in [0.2, 0.25) is 0 Å². The van der Waals surface area contributed by atoms with Crippen LogP contribution in [-0.2, 0) is 0 Å². The minimum absolute atomic E-state index is 0.0798. The fourth-order valence-corrected chi connectivity index (χ4v) is 2.15. The number of Topliss-reactive ketones (excluding diaryl/α,β-unsaturated/α-hetero) is 3. The van der Waals surface area contributed by atoms with E-state index in [1.807, 2.05) is 0 Å². The van der Waals surface area contributed by atoms with Crippen LogP contribution in [0.1, 0.15) is 31.1 Å². The molecule has 122 valence electrons. The van der Waals surface area contributed by atoms with Crippen molar-refractivity contribution in [2.45, 2.75) is 0 Å². The maximum atomic E-state index is 11.3. The van der Waals surface area contributed by atoms with Gasteiger partial charge in [0.05, 0.1) is 12.1 Å². The predicted octanol–water partition coefficient (Wildman–Crippen LogP) is 1.66. The fourth-order valence-electron chi connectivity index (χ4n) is 2.15. The first kappa shape index (κ1) is 17.3. The number of fused-ring (bicyclic) bond motifs is 1. The first-order valence-corrected chi connectivity index (χ1v) is 7.08. The third-order valence-corrected chi connectivity index (χ3v) is 3.42. The Labute approximate surface area is 138 Å². The highest BCUT2D eigenvalue weighted by Gasteiger charge is 2.30. The Hall–Kier alpha value is -3.09. The summed E-state index contributed by atoms with van der Waals surface area (Å²) in [4.78, 5) is 33.7. The van der Waals surface area contributed by atoms with Crippen molar-refractivity contribution in [2.75, 3.05) is 6.54 Å². The summed E-state index contributed by atoms with van der Waals surface area (Å²) in [5, 5.41) is 8.92. The molecule has 0 bridgehead atoms. The third kappa shape index (κ3) is 3.62. The highest BCUT2D eigenvalue weighted by molar-refractivity contribution is 6.39. The maximum absolute atomic E-state index is 11.3.